The van der Waals surface area contributed by atoms with Gasteiger partial charge in [-0.25, -0.2) is 18.2 Å². The van der Waals surface area contributed by atoms with Gasteiger partial charge in [0.05, 0.1) is 23.9 Å². The van der Waals surface area contributed by atoms with Crippen LogP contribution in [0, 0.1) is 28.8 Å². The van der Waals surface area contributed by atoms with Crippen molar-refractivity contribution in [2.24, 2.45) is 4.99 Å². The van der Waals surface area contributed by atoms with Crippen LogP contribution in [0.5, 0.6) is 0 Å². The van der Waals surface area contributed by atoms with E-state index in [0.717, 1.165) is 12.5 Å². The number of aliphatic imine (C=N–C) groups is 1. The SMILES string of the molecule is CCNC(=NCc1ccc(C#N)cc1F)NC1CCN(c2ccc(F)cc2F)C1. The molecular weight excluding hydrogens is 379 g/mol. The fraction of sp³-hybridized carbons (Fsp3) is 0.333. The van der Waals surface area contributed by atoms with Crippen molar-refractivity contribution >= 4 is 11.6 Å². The number of nitriles is 1. The van der Waals surface area contributed by atoms with Crippen LogP contribution in [0.2, 0.25) is 0 Å². The molecule has 0 spiro atoms. The van der Waals surface area contributed by atoms with Crippen LogP contribution >= 0.6 is 0 Å². The Balaban J connectivity index is 1.65. The van der Waals surface area contributed by atoms with Crippen LogP contribution in [0.4, 0.5) is 18.9 Å². The highest BCUT2D eigenvalue weighted by atomic mass is 19.1. The quantitative estimate of drug-likeness (QED) is 0.596. The van der Waals surface area contributed by atoms with Gasteiger partial charge in [0, 0.05) is 37.3 Å². The minimum Gasteiger partial charge on any atom is -0.367 e. The average Bonchev–Trinajstić information content (AvgIpc) is 3.15. The largest absolute Gasteiger partial charge is 0.367 e. The second-order valence-corrected chi connectivity index (χ2v) is 6.78. The fourth-order valence-corrected chi connectivity index (χ4v) is 3.26. The lowest BCUT2D eigenvalue weighted by atomic mass is 10.1. The average molecular weight is 401 g/mol. The van der Waals surface area contributed by atoms with Crippen LogP contribution in [0.1, 0.15) is 24.5 Å². The summed E-state index contributed by atoms with van der Waals surface area (Å²) in [6.45, 7) is 3.84. The first kappa shape index (κ1) is 20.5. The molecule has 0 amide bonds. The number of nitrogens with one attached hydrogen (secondary N) is 2. The molecule has 1 heterocycles. The number of rotatable bonds is 5. The fourth-order valence-electron chi connectivity index (χ4n) is 3.26. The van der Waals surface area contributed by atoms with Gasteiger partial charge in [-0.15, -0.1) is 0 Å². The number of guanidine groups is 1. The predicted octanol–water partition coefficient (Wildman–Crippen LogP) is 3.31. The van der Waals surface area contributed by atoms with Gasteiger partial charge in [0.1, 0.15) is 17.5 Å². The van der Waals surface area contributed by atoms with Gasteiger partial charge in [-0.05, 0) is 37.6 Å². The van der Waals surface area contributed by atoms with Crippen LogP contribution in [0.25, 0.3) is 0 Å². The maximum absolute atomic E-state index is 14.1. The first-order valence-corrected chi connectivity index (χ1v) is 9.43. The lowest BCUT2D eigenvalue weighted by molar-refractivity contribution is 0.580. The molecule has 1 fully saturated rings. The summed E-state index contributed by atoms with van der Waals surface area (Å²) in [6, 6.07) is 9.79. The first-order chi connectivity index (χ1) is 14.0. The van der Waals surface area contributed by atoms with Crippen LogP contribution in [-0.4, -0.2) is 31.6 Å². The predicted molar refractivity (Wildman–Crippen MR) is 106 cm³/mol. The lowest BCUT2D eigenvalue weighted by Gasteiger charge is -2.21. The molecule has 2 N–H and O–H groups in total. The summed E-state index contributed by atoms with van der Waals surface area (Å²) in [6.07, 6.45) is 0.756. The summed E-state index contributed by atoms with van der Waals surface area (Å²) in [7, 11) is 0. The van der Waals surface area contributed by atoms with E-state index in [1.165, 1.54) is 18.2 Å². The Morgan fingerprint density at radius 2 is 2.03 bits per heavy atom. The molecule has 5 nitrogen and oxygen atoms in total. The first-order valence-electron chi connectivity index (χ1n) is 9.43. The maximum Gasteiger partial charge on any atom is 0.191 e. The zero-order chi connectivity index (χ0) is 20.8. The van der Waals surface area contributed by atoms with Crippen LogP contribution < -0.4 is 15.5 Å². The van der Waals surface area contributed by atoms with Crippen molar-refractivity contribution in [2.45, 2.75) is 25.9 Å². The van der Waals surface area contributed by atoms with Gasteiger partial charge in [0.25, 0.3) is 0 Å². The van der Waals surface area contributed by atoms with E-state index in [2.05, 4.69) is 15.6 Å². The van der Waals surface area contributed by atoms with Crippen LogP contribution in [0.15, 0.2) is 41.4 Å². The zero-order valence-electron chi connectivity index (χ0n) is 16.1. The second kappa shape index (κ2) is 9.32. The molecule has 0 aromatic heterocycles. The van der Waals surface area contributed by atoms with Crippen LogP contribution in [-0.2, 0) is 6.54 Å². The molecule has 0 radical (unpaired) electrons. The molecule has 8 heteroatoms. The molecular formula is C21H22F3N5. The van der Waals surface area contributed by atoms with Crippen molar-refractivity contribution in [1.82, 2.24) is 10.6 Å². The molecule has 1 unspecified atom stereocenters. The molecule has 29 heavy (non-hydrogen) atoms. The zero-order valence-corrected chi connectivity index (χ0v) is 16.1. The van der Waals surface area contributed by atoms with E-state index in [-0.39, 0.29) is 18.2 Å². The topological polar surface area (TPSA) is 63.5 Å². The Labute approximate surface area is 167 Å². The van der Waals surface area contributed by atoms with E-state index in [9.17, 15) is 13.2 Å². The minimum atomic E-state index is -0.600. The third-order valence-corrected chi connectivity index (χ3v) is 4.71. The van der Waals surface area contributed by atoms with E-state index >= 15 is 0 Å². The van der Waals surface area contributed by atoms with Crippen molar-refractivity contribution in [3.05, 3.63) is 65.0 Å². The summed E-state index contributed by atoms with van der Waals surface area (Å²) >= 11 is 0. The molecule has 0 bridgehead atoms. The third kappa shape index (κ3) is 5.19. The number of halogens is 3. The highest BCUT2D eigenvalue weighted by Gasteiger charge is 2.25. The van der Waals surface area contributed by atoms with E-state index in [1.807, 2.05) is 17.9 Å². The van der Waals surface area contributed by atoms with Crippen molar-refractivity contribution in [2.75, 3.05) is 24.5 Å². The summed E-state index contributed by atoms with van der Waals surface area (Å²) in [5, 5.41) is 15.2. The molecule has 1 atom stereocenters. The minimum absolute atomic E-state index is 0.0167. The summed E-state index contributed by atoms with van der Waals surface area (Å²) in [4.78, 5) is 6.28. The maximum atomic E-state index is 14.1. The Bertz CT molecular complexity index is 938. The van der Waals surface area contributed by atoms with Crippen molar-refractivity contribution < 1.29 is 13.2 Å². The Morgan fingerprint density at radius 1 is 1.21 bits per heavy atom. The molecule has 0 saturated carbocycles. The monoisotopic (exact) mass is 401 g/mol. The van der Waals surface area contributed by atoms with Gasteiger partial charge in [0.2, 0.25) is 0 Å². The smallest absolute Gasteiger partial charge is 0.191 e. The number of anilines is 1. The van der Waals surface area contributed by atoms with E-state index < -0.39 is 17.5 Å². The molecule has 152 valence electrons. The van der Waals surface area contributed by atoms with Gasteiger partial charge in [-0.1, -0.05) is 6.07 Å². The van der Waals surface area contributed by atoms with E-state index in [4.69, 9.17) is 5.26 Å². The van der Waals surface area contributed by atoms with Gasteiger partial charge >= 0.3 is 0 Å². The molecule has 1 aliphatic rings. The Kier molecular flexibility index (Phi) is 6.60. The second-order valence-electron chi connectivity index (χ2n) is 6.78. The standard InChI is InChI=1S/C21H22F3N5/c1-2-26-21(27-12-15-4-3-14(11-25)9-18(15)23)28-17-7-8-29(13-17)20-6-5-16(22)10-19(20)24/h3-6,9-10,17H,2,7-8,12-13H2,1H3,(H2,26,27,28). The summed E-state index contributed by atoms with van der Waals surface area (Å²) in [5.74, 6) is -1.12. The molecule has 2 aromatic rings. The Morgan fingerprint density at radius 3 is 2.72 bits per heavy atom. The highest BCUT2D eigenvalue weighted by molar-refractivity contribution is 5.80. The Hall–Kier alpha value is -3.21. The number of hydrogen-bond acceptors (Lipinski definition) is 3. The van der Waals surface area contributed by atoms with E-state index in [0.29, 0.717) is 36.8 Å². The number of hydrogen-bond donors (Lipinski definition) is 2. The highest BCUT2D eigenvalue weighted by Crippen LogP contribution is 2.24. The van der Waals surface area contributed by atoms with Crippen molar-refractivity contribution in [3.63, 3.8) is 0 Å². The van der Waals surface area contributed by atoms with Gasteiger partial charge in [0.15, 0.2) is 5.96 Å². The van der Waals surface area contributed by atoms with Crippen LogP contribution in [0.3, 0.4) is 0 Å². The van der Waals surface area contributed by atoms with E-state index in [1.54, 1.807) is 12.1 Å². The number of nitrogens with zero attached hydrogens (tertiary/aromatic N) is 3. The molecule has 1 saturated heterocycles. The van der Waals surface area contributed by atoms with Gasteiger partial charge < -0.3 is 15.5 Å². The molecule has 1 aliphatic heterocycles. The molecule has 0 aliphatic carbocycles. The third-order valence-electron chi connectivity index (χ3n) is 4.71. The summed E-state index contributed by atoms with van der Waals surface area (Å²) in [5.41, 5.74) is 1.03. The molecule has 2 aromatic carbocycles. The number of benzene rings is 2. The van der Waals surface area contributed by atoms with Crippen molar-refractivity contribution in [3.8, 4) is 6.07 Å². The van der Waals surface area contributed by atoms with Gasteiger partial charge in [-0.3, -0.25) is 0 Å². The normalized spacial score (nSPS) is 16.6. The summed E-state index contributed by atoms with van der Waals surface area (Å²) < 4.78 is 41.2. The van der Waals surface area contributed by atoms with Crippen molar-refractivity contribution in [1.29, 1.82) is 5.26 Å². The lowest BCUT2D eigenvalue weighted by Crippen LogP contribution is -2.44. The molecule has 3 rings (SSSR count). The van der Waals surface area contributed by atoms with Gasteiger partial charge in [-0.2, -0.15) is 5.26 Å².